The van der Waals surface area contributed by atoms with Crippen molar-refractivity contribution in [3.05, 3.63) is 60.1 Å². The minimum atomic E-state index is 0.767. The summed E-state index contributed by atoms with van der Waals surface area (Å²) in [6.07, 6.45) is 2.71. The Morgan fingerprint density at radius 2 is 2.00 bits per heavy atom. The third-order valence-corrected chi connectivity index (χ3v) is 5.26. The molecular formula is C16H14N4OS2. The van der Waals surface area contributed by atoms with Crippen molar-refractivity contribution >= 4 is 28.1 Å². The van der Waals surface area contributed by atoms with E-state index in [0.29, 0.717) is 0 Å². The molecule has 0 radical (unpaired) electrons. The van der Waals surface area contributed by atoms with E-state index in [0.717, 1.165) is 39.5 Å². The van der Waals surface area contributed by atoms with E-state index in [9.17, 15) is 0 Å². The SMILES string of the molecule is c1ccc(CCSCc2nnc3sc(-c4ccco4)nn23)cc1. The molecule has 0 N–H and O–H groups in total. The second-order valence-corrected chi connectivity index (χ2v) is 7.04. The van der Waals surface area contributed by atoms with Gasteiger partial charge >= 0.3 is 0 Å². The molecule has 5 nitrogen and oxygen atoms in total. The largest absolute Gasteiger partial charge is 0.462 e. The third-order valence-electron chi connectivity index (χ3n) is 3.40. The molecule has 7 heteroatoms. The lowest BCUT2D eigenvalue weighted by Gasteiger charge is -2.00. The van der Waals surface area contributed by atoms with Crippen molar-refractivity contribution in [3.63, 3.8) is 0 Å². The Morgan fingerprint density at radius 3 is 2.83 bits per heavy atom. The summed E-state index contributed by atoms with van der Waals surface area (Å²) in [6, 6.07) is 14.3. The van der Waals surface area contributed by atoms with Crippen LogP contribution < -0.4 is 0 Å². The van der Waals surface area contributed by atoms with Gasteiger partial charge in [-0.3, -0.25) is 0 Å². The fraction of sp³-hybridized carbons (Fsp3) is 0.188. The predicted molar refractivity (Wildman–Crippen MR) is 92.7 cm³/mol. The van der Waals surface area contributed by atoms with Crippen LogP contribution in [0.2, 0.25) is 0 Å². The molecule has 0 spiro atoms. The average Bonchev–Trinajstić information content (AvgIpc) is 3.29. The number of benzene rings is 1. The molecule has 0 aliphatic heterocycles. The predicted octanol–water partition coefficient (Wildman–Crippen LogP) is 3.92. The van der Waals surface area contributed by atoms with Crippen molar-refractivity contribution in [2.24, 2.45) is 0 Å². The Bertz CT molecular complexity index is 884. The number of hydrogen-bond acceptors (Lipinski definition) is 6. The quantitative estimate of drug-likeness (QED) is 0.497. The Balaban J connectivity index is 1.41. The monoisotopic (exact) mass is 342 g/mol. The number of aryl methyl sites for hydroxylation is 1. The Hall–Kier alpha value is -2.12. The van der Waals surface area contributed by atoms with Crippen LogP contribution in [-0.2, 0) is 12.2 Å². The molecule has 0 aliphatic rings. The molecule has 116 valence electrons. The van der Waals surface area contributed by atoms with Gasteiger partial charge in [-0.05, 0) is 29.9 Å². The van der Waals surface area contributed by atoms with Gasteiger partial charge in [0.2, 0.25) is 4.96 Å². The summed E-state index contributed by atoms with van der Waals surface area (Å²) in [5.41, 5.74) is 1.36. The first-order valence-electron chi connectivity index (χ1n) is 7.27. The first kappa shape index (κ1) is 14.5. The van der Waals surface area contributed by atoms with Gasteiger partial charge in [-0.2, -0.15) is 16.3 Å². The summed E-state index contributed by atoms with van der Waals surface area (Å²) in [5.74, 6) is 3.50. The number of nitrogens with zero attached hydrogens (tertiary/aromatic N) is 4. The molecule has 0 unspecified atom stereocenters. The highest BCUT2D eigenvalue weighted by Gasteiger charge is 2.14. The zero-order valence-corrected chi connectivity index (χ0v) is 13.9. The molecule has 0 saturated heterocycles. The van der Waals surface area contributed by atoms with E-state index in [1.54, 1.807) is 6.26 Å². The molecular weight excluding hydrogens is 328 g/mol. The maximum absolute atomic E-state index is 5.39. The second kappa shape index (κ2) is 6.55. The van der Waals surface area contributed by atoms with Crippen LogP contribution in [-0.4, -0.2) is 25.6 Å². The molecule has 23 heavy (non-hydrogen) atoms. The van der Waals surface area contributed by atoms with Crippen molar-refractivity contribution < 1.29 is 4.42 Å². The van der Waals surface area contributed by atoms with E-state index >= 15 is 0 Å². The summed E-state index contributed by atoms with van der Waals surface area (Å²) in [5, 5.41) is 13.8. The fourth-order valence-corrected chi connectivity index (χ4v) is 3.96. The lowest BCUT2D eigenvalue weighted by molar-refractivity contribution is 0.580. The maximum atomic E-state index is 5.39. The number of furan rings is 1. The van der Waals surface area contributed by atoms with Crippen molar-refractivity contribution in [1.29, 1.82) is 0 Å². The number of thioether (sulfide) groups is 1. The number of fused-ring (bicyclic) bond motifs is 1. The van der Waals surface area contributed by atoms with Gasteiger partial charge in [0, 0.05) is 0 Å². The van der Waals surface area contributed by atoms with Crippen LogP contribution in [0.3, 0.4) is 0 Å². The second-order valence-electron chi connectivity index (χ2n) is 4.98. The summed E-state index contributed by atoms with van der Waals surface area (Å²) in [4.78, 5) is 0.801. The van der Waals surface area contributed by atoms with E-state index in [4.69, 9.17) is 4.42 Å². The van der Waals surface area contributed by atoms with Gasteiger partial charge in [-0.25, -0.2) is 0 Å². The number of hydrogen-bond donors (Lipinski definition) is 0. The molecule has 3 heterocycles. The Morgan fingerprint density at radius 1 is 1.09 bits per heavy atom. The van der Waals surface area contributed by atoms with E-state index in [1.165, 1.54) is 16.9 Å². The van der Waals surface area contributed by atoms with Gasteiger partial charge in [0.15, 0.2) is 16.6 Å². The van der Waals surface area contributed by atoms with Crippen LogP contribution in [0.25, 0.3) is 15.7 Å². The zero-order valence-electron chi connectivity index (χ0n) is 12.3. The van der Waals surface area contributed by atoms with Gasteiger partial charge in [-0.1, -0.05) is 41.7 Å². The van der Waals surface area contributed by atoms with Crippen LogP contribution in [0.1, 0.15) is 11.4 Å². The topological polar surface area (TPSA) is 56.2 Å². The minimum absolute atomic E-state index is 0.767. The van der Waals surface area contributed by atoms with Crippen LogP contribution >= 0.6 is 23.1 Å². The molecule has 0 atom stereocenters. The van der Waals surface area contributed by atoms with Crippen molar-refractivity contribution in [3.8, 4) is 10.8 Å². The molecule has 0 amide bonds. The highest BCUT2D eigenvalue weighted by Crippen LogP contribution is 2.26. The molecule has 0 saturated carbocycles. The van der Waals surface area contributed by atoms with Crippen LogP contribution in [0.5, 0.6) is 0 Å². The molecule has 1 aromatic carbocycles. The van der Waals surface area contributed by atoms with Gasteiger partial charge in [0.1, 0.15) is 0 Å². The van der Waals surface area contributed by atoms with E-state index < -0.39 is 0 Å². The van der Waals surface area contributed by atoms with Crippen molar-refractivity contribution in [2.45, 2.75) is 12.2 Å². The van der Waals surface area contributed by atoms with E-state index in [-0.39, 0.29) is 0 Å². The number of aromatic nitrogens is 4. The van der Waals surface area contributed by atoms with Gasteiger partial charge in [-0.15, -0.1) is 15.3 Å². The Kier molecular flexibility index (Phi) is 4.12. The van der Waals surface area contributed by atoms with Gasteiger partial charge in [0.25, 0.3) is 0 Å². The summed E-state index contributed by atoms with van der Waals surface area (Å²) < 4.78 is 7.20. The highest BCUT2D eigenvalue weighted by atomic mass is 32.2. The highest BCUT2D eigenvalue weighted by molar-refractivity contribution is 7.98. The minimum Gasteiger partial charge on any atom is -0.462 e. The fourth-order valence-electron chi connectivity index (χ4n) is 2.25. The van der Waals surface area contributed by atoms with Crippen LogP contribution in [0.15, 0.2) is 53.1 Å². The molecule has 4 rings (SSSR count). The summed E-state index contributed by atoms with van der Waals surface area (Å²) >= 11 is 3.33. The average molecular weight is 342 g/mol. The lowest BCUT2D eigenvalue weighted by Crippen LogP contribution is -1.96. The van der Waals surface area contributed by atoms with Crippen molar-refractivity contribution in [1.82, 2.24) is 19.8 Å². The summed E-state index contributed by atoms with van der Waals surface area (Å²) in [6.45, 7) is 0. The standard InChI is InChI=1S/C16H14N4OS2/c1-2-5-12(6-3-1)8-10-22-11-14-17-18-16-20(14)19-15(23-16)13-7-4-9-21-13/h1-7,9H,8,10-11H2. The van der Waals surface area contributed by atoms with E-state index in [2.05, 4.69) is 39.6 Å². The molecule has 3 aromatic heterocycles. The van der Waals surface area contributed by atoms with Crippen LogP contribution in [0, 0.1) is 0 Å². The lowest BCUT2D eigenvalue weighted by atomic mass is 10.2. The normalized spacial score (nSPS) is 11.3. The molecule has 0 bridgehead atoms. The van der Waals surface area contributed by atoms with Gasteiger partial charge < -0.3 is 4.42 Å². The number of rotatable bonds is 6. The first-order valence-corrected chi connectivity index (χ1v) is 9.24. The molecule has 4 aromatic rings. The Labute approximate surface area is 141 Å². The zero-order chi connectivity index (χ0) is 15.5. The third kappa shape index (κ3) is 3.16. The smallest absolute Gasteiger partial charge is 0.235 e. The first-order chi connectivity index (χ1) is 11.4. The van der Waals surface area contributed by atoms with Crippen LogP contribution in [0.4, 0.5) is 0 Å². The van der Waals surface area contributed by atoms with E-state index in [1.807, 2.05) is 34.5 Å². The molecule has 0 fully saturated rings. The summed E-state index contributed by atoms with van der Waals surface area (Å²) in [7, 11) is 0. The van der Waals surface area contributed by atoms with Crippen molar-refractivity contribution in [2.75, 3.05) is 5.75 Å². The van der Waals surface area contributed by atoms with Gasteiger partial charge in [0.05, 0.1) is 12.0 Å². The molecule has 0 aliphatic carbocycles. The maximum Gasteiger partial charge on any atom is 0.235 e.